The van der Waals surface area contributed by atoms with E-state index in [1.165, 1.54) is 0 Å². The van der Waals surface area contributed by atoms with Crippen molar-refractivity contribution in [1.82, 2.24) is 20.3 Å². The number of pyridine rings is 3. The second kappa shape index (κ2) is 7.58. The molecular formula is C18H19N5. The van der Waals surface area contributed by atoms with E-state index in [4.69, 9.17) is 5.73 Å². The fourth-order valence-corrected chi connectivity index (χ4v) is 2.44. The quantitative estimate of drug-likeness (QED) is 0.731. The van der Waals surface area contributed by atoms with Crippen molar-refractivity contribution >= 4 is 0 Å². The Kier molecular flexibility index (Phi) is 5.03. The van der Waals surface area contributed by atoms with Crippen LogP contribution in [0.15, 0.2) is 73.2 Å². The lowest BCUT2D eigenvalue weighted by Gasteiger charge is -2.24. The summed E-state index contributed by atoms with van der Waals surface area (Å²) in [6.45, 7) is 0.614. The van der Waals surface area contributed by atoms with Gasteiger partial charge in [-0.3, -0.25) is 15.0 Å². The van der Waals surface area contributed by atoms with Crippen LogP contribution in [-0.4, -0.2) is 15.0 Å². The van der Waals surface area contributed by atoms with Crippen LogP contribution < -0.4 is 11.1 Å². The number of nitrogens with zero attached hydrogens (tertiary/aromatic N) is 3. The lowest BCUT2D eigenvalue weighted by molar-refractivity contribution is 0.433. The van der Waals surface area contributed by atoms with Gasteiger partial charge in [-0.1, -0.05) is 18.2 Å². The molecule has 5 heteroatoms. The molecule has 0 aliphatic rings. The van der Waals surface area contributed by atoms with Crippen molar-refractivity contribution in [3.05, 3.63) is 90.3 Å². The smallest absolute Gasteiger partial charge is 0.0709 e. The lowest BCUT2D eigenvalue weighted by Crippen LogP contribution is -2.32. The highest BCUT2D eigenvalue weighted by Crippen LogP contribution is 2.24. The standard InChI is InChI=1S/C18H19N5/c19-17(15-8-2-5-11-21-15)18(16-9-3-6-12-22-16)23-13-14-7-1-4-10-20-14/h1-12,17-18,23H,13,19H2. The number of hydrogen-bond acceptors (Lipinski definition) is 5. The molecule has 0 saturated heterocycles. The van der Waals surface area contributed by atoms with Gasteiger partial charge in [-0.15, -0.1) is 0 Å². The molecule has 2 atom stereocenters. The first-order chi connectivity index (χ1) is 11.3. The molecule has 3 heterocycles. The van der Waals surface area contributed by atoms with Gasteiger partial charge in [0.15, 0.2) is 0 Å². The lowest BCUT2D eigenvalue weighted by atomic mass is 10.0. The Bertz CT molecular complexity index is 703. The summed E-state index contributed by atoms with van der Waals surface area (Å²) in [5, 5.41) is 3.46. The number of hydrogen-bond donors (Lipinski definition) is 2. The van der Waals surface area contributed by atoms with E-state index in [2.05, 4.69) is 20.3 Å². The van der Waals surface area contributed by atoms with Gasteiger partial charge in [-0.25, -0.2) is 0 Å². The molecule has 0 amide bonds. The zero-order valence-corrected chi connectivity index (χ0v) is 12.7. The SMILES string of the molecule is NC(c1ccccn1)C(NCc1ccccn1)c1ccccn1. The van der Waals surface area contributed by atoms with E-state index in [-0.39, 0.29) is 12.1 Å². The van der Waals surface area contributed by atoms with Crippen LogP contribution in [0, 0.1) is 0 Å². The van der Waals surface area contributed by atoms with Crippen molar-refractivity contribution in [2.24, 2.45) is 5.73 Å². The third-order valence-electron chi connectivity index (χ3n) is 3.62. The highest BCUT2D eigenvalue weighted by molar-refractivity contribution is 5.18. The van der Waals surface area contributed by atoms with Crippen molar-refractivity contribution in [2.75, 3.05) is 0 Å². The minimum Gasteiger partial charge on any atom is -0.321 e. The van der Waals surface area contributed by atoms with Crippen LogP contribution in [0.25, 0.3) is 0 Å². The van der Waals surface area contributed by atoms with E-state index in [0.29, 0.717) is 6.54 Å². The highest BCUT2D eigenvalue weighted by atomic mass is 15.0. The molecule has 5 nitrogen and oxygen atoms in total. The Hall–Kier alpha value is -2.63. The summed E-state index contributed by atoms with van der Waals surface area (Å²) in [5.74, 6) is 0. The minimum absolute atomic E-state index is 0.145. The number of nitrogens with one attached hydrogen (secondary N) is 1. The van der Waals surface area contributed by atoms with Gasteiger partial charge in [0.05, 0.1) is 29.2 Å². The van der Waals surface area contributed by atoms with Gasteiger partial charge in [0.25, 0.3) is 0 Å². The van der Waals surface area contributed by atoms with Crippen molar-refractivity contribution in [3.63, 3.8) is 0 Å². The van der Waals surface area contributed by atoms with E-state index in [0.717, 1.165) is 17.1 Å². The Morgan fingerprint density at radius 2 is 1.39 bits per heavy atom. The van der Waals surface area contributed by atoms with Crippen LogP contribution in [0.2, 0.25) is 0 Å². The number of rotatable bonds is 6. The molecule has 0 fully saturated rings. The summed E-state index contributed by atoms with van der Waals surface area (Å²) in [6, 6.07) is 17.0. The minimum atomic E-state index is -0.296. The van der Waals surface area contributed by atoms with Crippen molar-refractivity contribution in [2.45, 2.75) is 18.6 Å². The molecule has 0 saturated carbocycles. The predicted octanol–water partition coefficient (Wildman–Crippen LogP) is 2.40. The molecule has 0 radical (unpaired) electrons. The third kappa shape index (κ3) is 3.97. The van der Waals surface area contributed by atoms with Crippen LogP contribution in [0.4, 0.5) is 0 Å². The maximum absolute atomic E-state index is 6.45. The summed E-state index contributed by atoms with van der Waals surface area (Å²) in [5.41, 5.74) is 9.13. The third-order valence-corrected chi connectivity index (χ3v) is 3.62. The van der Waals surface area contributed by atoms with Gasteiger partial charge in [-0.2, -0.15) is 0 Å². The zero-order valence-electron chi connectivity index (χ0n) is 12.7. The zero-order chi connectivity index (χ0) is 15.9. The summed E-state index contributed by atoms with van der Waals surface area (Å²) < 4.78 is 0. The van der Waals surface area contributed by atoms with E-state index < -0.39 is 0 Å². The van der Waals surface area contributed by atoms with E-state index in [1.54, 1.807) is 18.6 Å². The Morgan fingerprint density at radius 1 is 0.783 bits per heavy atom. The van der Waals surface area contributed by atoms with Gasteiger partial charge in [0, 0.05) is 25.1 Å². The van der Waals surface area contributed by atoms with Crippen LogP contribution in [-0.2, 0) is 6.54 Å². The summed E-state index contributed by atoms with van der Waals surface area (Å²) in [7, 11) is 0. The topological polar surface area (TPSA) is 76.7 Å². The molecule has 3 aromatic rings. The molecule has 3 N–H and O–H groups in total. The number of nitrogens with two attached hydrogens (primary N) is 1. The van der Waals surface area contributed by atoms with E-state index in [1.807, 2.05) is 54.6 Å². The molecule has 0 spiro atoms. The normalized spacial score (nSPS) is 13.4. The van der Waals surface area contributed by atoms with Gasteiger partial charge in [-0.05, 0) is 36.4 Å². The van der Waals surface area contributed by atoms with Crippen molar-refractivity contribution < 1.29 is 0 Å². The molecule has 23 heavy (non-hydrogen) atoms. The Labute approximate surface area is 135 Å². The second-order valence-corrected chi connectivity index (χ2v) is 5.21. The van der Waals surface area contributed by atoms with Crippen LogP contribution in [0.1, 0.15) is 29.2 Å². The van der Waals surface area contributed by atoms with Crippen molar-refractivity contribution in [3.8, 4) is 0 Å². The fraction of sp³-hybridized carbons (Fsp3) is 0.167. The maximum atomic E-state index is 6.45. The molecule has 116 valence electrons. The maximum Gasteiger partial charge on any atom is 0.0709 e. The van der Waals surface area contributed by atoms with Gasteiger partial charge in [0.1, 0.15) is 0 Å². The highest BCUT2D eigenvalue weighted by Gasteiger charge is 2.23. The number of aromatic nitrogens is 3. The Balaban J connectivity index is 1.82. The summed E-state index contributed by atoms with van der Waals surface area (Å²) in [4.78, 5) is 13.2. The average molecular weight is 305 g/mol. The molecule has 0 bridgehead atoms. The average Bonchev–Trinajstić information content (AvgIpc) is 2.64. The molecular weight excluding hydrogens is 286 g/mol. The molecule has 3 rings (SSSR count). The fourth-order valence-electron chi connectivity index (χ4n) is 2.44. The van der Waals surface area contributed by atoms with Gasteiger partial charge >= 0.3 is 0 Å². The first-order valence-electron chi connectivity index (χ1n) is 7.55. The van der Waals surface area contributed by atoms with E-state index >= 15 is 0 Å². The first-order valence-corrected chi connectivity index (χ1v) is 7.55. The Morgan fingerprint density at radius 3 is 1.96 bits per heavy atom. The van der Waals surface area contributed by atoms with Crippen LogP contribution in [0.5, 0.6) is 0 Å². The molecule has 2 unspecified atom stereocenters. The van der Waals surface area contributed by atoms with Crippen molar-refractivity contribution in [1.29, 1.82) is 0 Å². The van der Waals surface area contributed by atoms with Gasteiger partial charge < -0.3 is 11.1 Å². The summed E-state index contributed by atoms with van der Waals surface area (Å²) >= 11 is 0. The van der Waals surface area contributed by atoms with Crippen LogP contribution in [0.3, 0.4) is 0 Å². The monoisotopic (exact) mass is 305 g/mol. The largest absolute Gasteiger partial charge is 0.321 e. The molecule has 0 aliphatic carbocycles. The van der Waals surface area contributed by atoms with Crippen LogP contribution >= 0.6 is 0 Å². The molecule has 3 aromatic heterocycles. The molecule has 0 aliphatic heterocycles. The summed E-state index contributed by atoms with van der Waals surface area (Å²) in [6.07, 6.45) is 5.31. The molecule has 0 aromatic carbocycles. The first kappa shape index (κ1) is 15.3. The predicted molar refractivity (Wildman–Crippen MR) is 89.2 cm³/mol. The van der Waals surface area contributed by atoms with E-state index in [9.17, 15) is 0 Å². The van der Waals surface area contributed by atoms with Gasteiger partial charge in [0.2, 0.25) is 0 Å². The second-order valence-electron chi connectivity index (χ2n) is 5.21.